The van der Waals surface area contributed by atoms with Gasteiger partial charge in [0.1, 0.15) is 0 Å². The summed E-state index contributed by atoms with van der Waals surface area (Å²) in [4.78, 5) is 22.0. The summed E-state index contributed by atoms with van der Waals surface area (Å²) in [6, 6.07) is -0.0461. The lowest BCUT2D eigenvalue weighted by Gasteiger charge is -2.12. The van der Waals surface area contributed by atoms with E-state index in [4.69, 9.17) is 9.84 Å². The van der Waals surface area contributed by atoms with Crippen LogP contribution in [0.2, 0.25) is 0 Å². The first kappa shape index (κ1) is 12.8. The Bertz CT molecular complexity index is 254. The second-order valence-corrected chi connectivity index (χ2v) is 4.18. The predicted molar refractivity (Wildman–Crippen MR) is 58.2 cm³/mol. The molecule has 0 aromatic carbocycles. The van der Waals surface area contributed by atoms with Crippen molar-refractivity contribution in [1.29, 1.82) is 0 Å². The number of aliphatic carboxylic acids is 1. The Labute approximate surface area is 95.2 Å². The van der Waals surface area contributed by atoms with E-state index >= 15 is 0 Å². The van der Waals surface area contributed by atoms with Gasteiger partial charge in [0.05, 0.1) is 12.5 Å². The first-order chi connectivity index (χ1) is 7.63. The van der Waals surface area contributed by atoms with Crippen LogP contribution in [-0.4, -0.2) is 29.8 Å². The van der Waals surface area contributed by atoms with E-state index in [1.54, 1.807) is 0 Å². The van der Waals surface area contributed by atoms with E-state index in [0.717, 1.165) is 19.3 Å². The number of carboxylic acid groups (broad SMARTS) is 1. The lowest BCUT2D eigenvalue weighted by Crippen LogP contribution is -2.34. The zero-order valence-corrected chi connectivity index (χ0v) is 9.57. The number of carboxylic acids is 1. The van der Waals surface area contributed by atoms with Gasteiger partial charge in [-0.2, -0.15) is 0 Å². The largest absolute Gasteiger partial charge is 0.481 e. The number of nitrogens with one attached hydrogen (secondary N) is 1. The third kappa shape index (κ3) is 4.08. The number of alkyl carbamates (subject to hydrolysis) is 1. The highest BCUT2D eigenvalue weighted by Crippen LogP contribution is 2.25. The fourth-order valence-electron chi connectivity index (χ4n) is 1.85. The molecule has 0 saturated heterocycles. The van der Waals surface area contributed by atoms with Crippen LogP contribution >= 0.6 is 0 Å². The molecule has 1 aliphatic carbocycles. The van der Waals surface area contributed by atoms with Gasteiger partial charge in [-0.1, -0.05) is 13.3 Å². The van der Waals surface area contributed by atoms with Crippen molar-refractivity contribution >= 4 is 12.1 Å². The molecule has 0 heterocycles. The molecule has 0 bridgehead atoms. The molecule has 0 aromatic heterocycles. The van der Waals surface area contributed by atoms with Gasteiger partial charge in [-0.05, 0) is 25.7 Å². The molecular weight excluding hydrogens is 210 g/mol. The quantitative estimate of drug-likeness (QED) is 0.704. The van der Waals surface area contributed by atoms with Crippen molar-refractivity contribution < 1.29 is 19.4 Å². The summed E-state index contributed by atoms with van der Waals surface area (Å²) in [6.07, 6.45) is 3.28. The van der Waals surface area contributed by atoms with Gasteiger partial charge in [0.25, 0.3) is 0 Å². The van der Waals surface area contributed by atoms with Gasteiger partial charge in [-0.15, -0.1) is 0 Å². The summed E-state index contributed by atoms with van der Waals surface area (Å²) in [5.74, 6) is -1.09. The maximum atomic E-state index is 11.3. The van der Waals surface area contributed by atoms with E-state index in [9.17, 15) is 9.59 Å². The summed E-state index contributed by atoms with van der Waals surface area (Å²) in [5.41, 5.74) is 0. The number of unbranched alkanes of at least 4 members (excludes halogenated alkanes) is 1. The summed E-state index contributed by atoms with van der Waals surface area (Å²) in [7, 11) is 0. The molecule has 1 rings (SSSR count). The topological polar surface area (TPSA) is 75.6 Å². The van der Waals surface area contributed by atoms with Crippen molar-refractivity contribution in [2.45, 2.75) is 45.1 Å². The third-order valence-electron chi connectivity index (χ3n) is 2.83. The van der Waals surface area contributed by atoms with Crippen molar-refractivity contribution in [3.8, 4) is 0 Å². The van der Waals surface area contributed by atoms with Crippen LogP contribution in [0.5, 0.6) is 0 Å². The molecule has 16 heavy (non-hydrogen) atoms. The summed E-state index contributed by atoms with van der Waals surface area (Å²) in [6.45, 7) is 2.45. The summed E-state index contributed by atoms with van der Waals surface area (Å²) < 4.78 is 4.94. The number of ether oxygens (including phenoxy) is 1. The molecule has 1 aliphatic rings. The Kier molecular flexibility index (Phi) is 5.08. The average Bonchev–Trinajstić information content (AvgIpc) is 2.66. The normalized spacial score (nSPS) is 24.1. The average molecular weight is 229 g/mol. The SMILES string of the molecule is CCCCOC(=O)NC1CCC(C(=O)O)C1. The Balaban J connectivity index is 2.18. The van der Waals surface area contributed by atoms with Crippen LogP contribution in [0, 0.1) is 5.92 Å². The molecule has 2 unspecified atom stereocenters. The molecule has 0 spiro atoms. The molecular formula is C11H19NO4. The van der Waals surface area contributed by atoms with Gasteiger partial charge in [0.2, 0.25) is 0 Å². The van der Waals surface area contributed by atoms with Crippen LogP contribution in [0.25, 0.3) is 0 Å². The Morgan fingerprint density at radius 1 is 1.44 bits per heavy atom. The summed E-state index contributed by atoms with van der Waals surface area (Å²) in [5, 5.41) is 11.5. The van der Waals surface area contributed by atoms with E-state index in [2.05, 4.69) is 5.32 Å². The molecule has 5 heteroatoms. The highest BCUT2D eigenvalue weighted by Gasteiger charge is 2.30. The second-order valence-electron chi connectivity index (χ2n) is 4.18. The number of hydrogen-bond acceptors (Lipinski definition) is 3. The highest BCUT2D eigenvalue weighted by molar-refractivity contribution is 5.71. The number of rotatable bonds is 5. The zero-order valence-electron chi connectivity index (χ0n) is 9.57. The van der Waals surface area contributed by atoms with Crippen LogP contribution in [0.1, 0.15) is 39.0 Å². The van der Waals surface area contributed by atoms with Gasteiger partial charge in [0, 0.05) is 6.04 Å². The van der Waals surface area contributed by atoms with E-state index in [1.807, 2.05) is 6.92 Å². The molecule has 92 valence electrons. The minimum Gasteiger partial charge on any atom is -0.481 e. The van der Waals surface area contributed by atoms with Crippen molar-refractivity contribution in [1.82, 2.24) is 5.32 Å². The maximum absolute atomic E-state index is 11.3. The molecule has 5 nitrogen and oxygen atoms in total. The fraction of sp³-hybridized carbons (Fsp3) is 0.818. The first-order valence-electron chi connectivity index (χ1n) is 5.79. The smallest absolute Gasteiger partial charge is 0.407 e. The number of carbonyl (C=O) groups is 2. The highest BCUT2D eigenvalue weighted by atomic mass is 16.5. The van der Waals surface area contributed by atoms with E-state index in [1.165, 1.54) is 0 Å². The second kappa shape index (κ2) is 6.35. The lowest BCUT2D eigenvalue weighted by atomic mass is 10.1. The minimum absolute atomic E-state index is 0.0461. The molecule has 1 saturated carbocycles. The molecule has 0 aromatic rings. The molecule has 1 fully saturated rings. The first-order valence-corrected chi connectivity index (χ1v) is 5.79. The standard InChI is InChI=1S/C11H19NO4/c1-2-3-6-16-11(15)12-9-5-4-8(7-9)10(13)14/h8-9H,2-7H2,1H3,(H,12,15)(H,13,14). The van der Waals surface area contributed by atoms with Crippen LogP contribution in [0.4, 0.5) is 4.79 Å². The molecule has 2 atom stereocenters. The fourth-order valence-corrected chi connectivity index (χ4v) is 1.85. The van der Waals surface area contributed by atoms with Crippen molar-refractivity contribution in [3.63, 3.8) is 0 Å². The number of hydrogen-bond donors (Lipinski definition) is 2. The Hall–Kier alpha value is -1.26. The van der Waals surface area contributed by atoms with Crippen molar-refractivity contribution in [2.75, 3.05) is 6.61 Å². The van der Waals surface area contributed by atoms with Gasteiger partial charge >= 0.3 is 12.1 Å². The van der Waals surface area contributed by atoms with Crippen LogP contribution < -0.4 is 5.32 Å². The van der Waals surface area contributed by atoms with Gasteiger partial charge in [-0.3, -0.25) is 4.79 Å². The molecule has 0 aliphatic heterocycles. The Morgan fingerprint density at radius 2 is 2.19 bits per heavy atom. The monoisotopic (exact) mass is 229 g/mol. The van der Waals surface area contributed by atoms with Gasteiger partial charge in [-0.25, -0.2) is 4.79 Å². The lowest BCUT2D eigenvalue weighted by molar-refractivity contribution is -0.141. The minimum atomic E-state index is -0.774. The van der Waals surface area contributed by atoms with Crippen LogP contribution in [0.15, 0.2) is 0 Å². The van der Waals surface area contributed by atoms with E-state index in [0.29, 0.717) is 19.4 Å². The Morgan fingerprint density at radius 3 is 2.75 bits per heavy atom. The molecule has 1 amide bonds. The number of amides is 1. The third-order valence-corrected chi connectivity index (χ3v) is 2.83. The van der Waals surface area contributed by atoms with Crippen LogP contribution in [0.3, 0.4) is 0 Å². The maximum Gasteiger partial charge on any atom is 0.407 e. The van der Waals surface area contributed by atoms with E-state index in [-0.39, 0.29) is 12.0 Å². The van der Waals surface area contributed by atoms with Crippen molar-refractivity contribution in [3.05, 3.63) is 0 Å². The van der Waals surface area contributed by atoms with Gasteiger partial charge < -0.3 is 15.2 Å². The number of carbonyl (C=O) groups excluding carboxylic acids is 1. The van der Waals surface area contributed by atoms with Crippen LogP contribution in [-0.2, 0) is 9.53 Å². The summed E-state index contributed by atoms with van der Waals surface area (Å²) >= 11 is 0. The molecule has 2 N–H and O–H groups in total. The van der Waals surface area contributed by atoms with Gasteiger partial charge in [0.15, 0.2) is 0 Å². The zero-order chi connectivity index (χ0) is 12.0. The van der Waals surface area contributed by atoms with E-state index < -0.39 is 12.1 Å². The van der Waals surface area contributed by atoms with Crippen molar-refractivity contribution in [2.24, 2.45) is 5.92 Å². The predicted octanol–water partition coefficient (Wildman–Crippen LogP) is 1.77. The molecule has 0 radical (unpaired) electrons.